The summed E-state index contributed by atoms with van der Waals surface area (Å²) < 4.78 is 8.11. The summed E-state index contributed by atoms with van der Waals surface area (Å²) in [7, 11) is 0. The fourth-order valence-corrected chi connectivity index (χ4v) is 7.05. The van der Waals surface area contributed by atoms with Gasteiger partial charge in [0.1, 0.15) is 23.8 Å². The fraction of sp³-hybridized carbons (Fsp3) is 0.500. The molecule has 3 aliphatic heterocycles. The van der Waals surface area contributed by atoms with Crippen LogP contribution in [0.5, 0.6) is 0 Å². The molecule has 0 saturated carbocycles. The van der Waals surface area contributed by atoms with Gasteiger partial charge in [-0.1, -0.05) is 67.9 Å². The van der Waals surface area contributed by atoms with E-state index in [0.29, 0.717) is 31.3 Å². The van der Waals surface area contributed by atoms with Gasteiger partial charge in [0.05, 0.1) is 36.1 Å². The van der Waals surface area contributed by atoms with Crippen LogP contribution in [0.25, 0.3) is 11.0 Å². The Morgan fingerprint density at radius 2 is 1.88 bits per heavy atom. The lowest BCUT2D eigenvalue weighted by atomic mass is 9.70. The maximum atomic E-state index is 14.3. The van der Waals surface area contributed by atoms with Crippen LogP contribution >= 0.6 is 0 Å². The molecule has 7 atom stereocenters. The topological polar surface area (TPSA) is 139 Å². The molecule has 11 heteroatoms. The van der Waals surface area contributed by atoms with Gasteiger partial charge in [-0.2, -0.15) is 0 Å². The second-order valence-corrected chi connectivity index (χ2v) is 11.4. The summed E-state index contributed by atoms with van der Waals surface area (Å²) in [5, 5.41) is 24.7. The van der Waals surface area contributed by atoms with E-state index in [1.165, 1.54) is 4.90 Å². The number of ether oxygens (including phenoxy) is 1. The molecule has 11 nitrogen and oxygen atoms in total. The van der Waals surface area contributed by atoms with E-state index in [1.54, 1.807) is 4.68 Å². The van der Waals surface area contributed by atoms with Crippen LogP contribution in [0.1, 0.15) is 38.7 Å². The Kier molecular flexibility index (Phi) is 7.25. The van der Waals surface area contributed by atoms with Crippen molar-refractivity contribution in [3.63, 3.8) is 0 Å². The first kappa shape index (κ1) is 27.3. The van der Waals surface area contributed by atoms with Gasteiger partial charge < -0.3 is 25.4 Å². The number of carbonyl (C=O) groups is 3. The second-order valence-electron chi connectivity index (χ2n) is 11.4. The fourth-order valence-electron chi connectivity index (χ4n) is 7.05. The minimum atomic E-state index is -1.15. The summed E-state index contributed by atoms with van der Waals surface area (Å²) in [6, 6.07) is 15.5. The molecule has 0 aliphatic carbocycles. The summed E-state index contributed by atoms with van der Waals surface area (Å²) in [5.41, 5.74) is 1.28. The zero-order valence-electron chi connectivity index (χ0n) is 23.3. The Bertz CT molecular complexity index is 1450. The average Bonchev–Trinajstić information content (AvgIpc) is 3.75. The Labute approximate surface area is 238 Å². The van der Waals surface area contributed by atoms with Crippen molar-refractivity contribution in [2.24, 2.45) is 17.8 Å². The predicted molar refractivity (Wildman–Crippen MR) is 149 cm³/mol. The van der Waals surface area contributed by atoms with Gasteiger partial charge in [-0.15, -0.1) is 5.10 Å². The standard InChI is InChI=1S/C30H36N6O5/c1-3-18(2)22(16-37)36-26(28(39)32-17-35-21-12-8-7-11-20(21)33-34-35)30-14-13-23(41-30)24(25(30)29(36)40)27(38)31-15-19-9-5-4-6-10-19/h4-12,18,22-26,37H,3,13-17H2,1-2H3,(H,31,38)(H,32,39)/t18-,22-,23-,24+,25-,26?,30?/m0/s1. The predicted octanol–water partition coefficient (Wildman–Crippen LogP) is 1.60. The molecule has 1 spiro atoms. The highest BCUT2D eigenvalue weighted by molar-refractivity contribution is 5.99. The molecular weight excluding hydrogens is 524 g/mol. The quantitative estimate of drug-likeness (QED) is 0.342. The number of nitrogens with one attached hydrogen (secondary N) is 2. The molecule has 2 aromatic carbocycles. The molecular formula is C30H36N6O5. The number of aromatic nitrogens is 3. The number of amides is 3. The van der Waals surface area contributed by atoms with Crippen LogP contribution in [0.15, 0.2) is 54.6 Å². The molecule has 0 radical (unpaired) electrons. The number of likely N-dealkylation sites (tertiary alicyclic amines) is 1. The SMILES string of the molecule is CC[C@H](C)[C@H](CO)N1C(=O)[C@@H]2[C@H](C(=O)NCc3ccccc3)[C@@H]3CCC2(O3)C1C(=O)NCn1nnc2ccccc21. The molecule has 2 unspecified atom stereocenters. The first-order valence-electron chi connectivity index (χ1n) is 14.4. The number of para-hydroxylation sites is 1. The van der Waals surface area contributed by atoms with Crippen LogP contribution < -0.4 is 10.6 Å². The van der Waals surface area contributed by atoms with Gasteiger partial charge in [-0.05, 0) is 36.5 Å². The molecule has 3 saturated heterocycles. The van der Waals surface area contributed by atoms with Crippen molar-refractivity contribution in [3.8, 4) is 0 Å². The molecule has 2 bridgehead atoms. The summed E-state index contributed by atoms with van der Waals surface area (Å²) in [4.78, 5) is 43.4. The van der Waals surface area contributed by atoms with Gasteiger partial charge in [-0.3, -0.25) is 14.4 Å². The lowest BCUT2D eigenvalue weighted by Crippen LogP contribution is -2.59. The molecule has 3 aliphatic rings. The largest absolute Gasteiger partial charge is 0.394 e. The molecule has 3 amide bonds. The van der Waals surface area contributed by atoms with Crippen LogP contribution in [-0.2, 0) is 32.3 Å². The Morgan fingerprint density at radius 1 is 1.12 bits per heavy atom. The highest BCUT2D eigenvalue weighted by Gasteiger charge is 2.75. The number of hydrogen-bond acceptors (Lipinski definition) is 7. The van der Waals surface area contributed by atoms with Crippen LogP contribution in [0, 0.1) is 17.8 Å². The van der Waals surface area contributed by atoms with Gasteiger partial charge in [0.2, 0.25) is 17.7 Å². The number of hydrogen-bond donors (Lipinski definition) is 3. The number of carbonyl (C=O) groups excluding carboxylic acids is 3. The summed E-state index contributed by atoms with van der Waals surface area (Å²) in [6.07, 6.45) is 1.31. The van der Waals surface area contributed by atoms with Crippen molar-refractivity contribution < 1.29 is 24.2 Å². The van der Waals surface area contributed by atoms with Crippen LogP contribution in [0.3, 0.4) is 0 Å². The summed E-state index contributed by atoms with van der Waals surface area (Å²) in [5.74, 6) is -2.55. The van der Waals surface area contributed by atoms with Gasteiger partial charge in [0, 0.05) is 6.54 Å². The highest BCUT2D eigenvalue weighted by atomic mass is 16.5. The molecule has 6 rings (SSSR count). The highest BCUT2D eigenvalue weighted by Crippen LogP contribution is 2.59. The zero-order valence-corrected chi connectivity index (χ0v) is 23.3. The van der Waals surface area contributed by atoms with Crippen LogP contribution in [-0.4, -0.2) is 73.1 Å². The van der Waals surface area contributed by atoms with E-state index in [4.69, 9.17) is 4.74 Å². The van der Waals surface area contributed by atoms with Gasteiger partial charge >= 0.3 is 0 Å². The number of aliphatic hydroxyl groups excluding tert-OH is 1. The second kappa shape index (κ2) is 10.9. The van der Waals surface area contributed by atoms with E-state index in [9.17, 15) is 19.5 Å². The lowest BCUT2D eigenvalue weighted by Gasteiger charge is -2.38. The van der Waals surface area contributed by atoms with Crippen molar-refractivity contribution in [1.82, 2.24) is 30.5 Å². The van der Waals surface area contributed by atoms with Gasteiger partial charge in [-0.25, -0.2) is 4.68 Å². The van der Waals surface area contributed by atoms with Crippen molar-refractivity contribution >= 4 is 28.8 Å². The number of benzene rings is 2. The van der Waals surface area contributed by atoms with E-state index in [1.807, 2.05) is 68.4 Å². The van der Waals surface area contributed by atoms with Crippen molar-refractivity contribution in [3.05, 3.63) is 60.2 Å². The molecule has 41 heavy (non-hydrogen) atoms. The normalized spacial score (nSPS) is 28.1. The third-order valence-electron chi connectivity index (χ3n) is 9.27. The number of aliphatic hydroxyl groups is 1. The minimum Gasteiger partial charge on any atom is -0.394 e. The first-order chi connectivity index (χ1) is 19.9. The molecule has 1 aromatic heterocycles. The third-order valence-corrected chi connectivity index (χ3v) is 9.27. The zero-order chi connectivity index (χ0) is 28.7. The van der Waals surface area contributed by atoms with Crippen molar-refractivity contribution in [2.75, 3.05) is 6.61 Å². The van der Waals surface area contributed by atoms with E-state index in [2.05, 4.69) is 20.9 Å². The van der Waals surface area contributed by atoms with Crippen LogP contribution in [0.4, 0.5) is 0 Å². The Morgan fingerprint density at radius 3 is 2.63 bits per heavy atom. The third kappa shape index (κ3) is 4.47. The van der Waals surface area contributed by atoms with Crippen molar-refractivity contribution in [1.29, 1.82) is 0 Å². The average molecular weight is 561 g/mol. The van der Waals surface area contributed by atoms with E-state index < -0.39 is 41.5 Å². The van der Waals surface area contributed by atoms with Crippen molar-refractivity contribution in [2.45, 2.75) is 70.1 Å². The Hall–Kier alpha value is -3.83. The van der Waals surface area contributed by atoms with E-state index >= 15 is 0 Å². The monoisotopic (exact) mass is 560 g/mol. The molecule has 4 heterocycles. The molecule has 3 fully saturated rings. The van der Waals surface area contributed by atoms with E-state index in [0.717, 1.165) is 11.1 Å². The molecule has 3 N–H and O–H groups in total. The lowest BCUT2D eigenvalue weighted by molar-refractivity contribution is -0.147. The Balaban J connectivity index is 1.29. The maximum Gasteiger partial charge on any atom is 0.247 e. The molecule has 216 valence electrons. The maximum absolute atomic E-state index is 14.3. The summed E-state index contributed by atoms with van der Waals surface area (Å²) >= 11 is 0. The van der Waals surface area contributed by atoms with Gasteiger partial charge in [0.25, 0.3) is 0 Å². The van der Waals surface area contributed by atoms with E-state index in [-0.39, 0.29) is 31.0 Å². The number of fused-ring (bicyclic) bond motifs is 2. The minimum absolute atomic E-state index is 0.0518. The summed E-state index contributed by atoms with van der Waals surface area (Å²) in [6.45, 7) is 4.03. The number of rotatable bonds is 10. The molecule has 3 aromatic rings. The number of nitrogens with zero attached hydrogens (tertiary/aromatic N) is 4. The van der Waals surface area contributed by atoms with Crippen LogP contribution in [0.2, 0.25) is 0 Å². The van der Waals surface area contributed by atoms with Gasteiger partial charge in [0.15, 0.2) is 0 Å². The first-order valence-corrected chi connectivity index (χ1v) is 14.4. The smallest absolute Gasteiger partial charge is 0.247 e.